The molecule has 0 saturated carbocycles. The molecule has 0 amide bonds. The van der Waals surface area contributed by atoms with Crippen LogP contribution in [-0.2, 0) is 4.74 Å². The van der Waals surface area contributed by atoms with Crippen LogP contribution >= 0.6 is 15.9 Å². The van der Waals surface area contributed by atoms with Gasteiger partial charge in [0.1, 0.15) is 11.6 Å². The number of aromatic nitrogens is 1. The molecule has 0 atom stereocenters. The van der Waals surface area contributed by atoms with Crippen molar-refractivity contribution in [2.45, 2.75) is 20.0 Å². The van der Waals surface area contributed by atoms with Crippen LogP contribution in [0.15, 0.2) is 22.7 Å². The molecule has 0 saturated heterocycles. The maximum atomic E-state index is 13.6. The average molecular weight is 342 g/mol. The van der Waals surface area contributed by atoms with E-state index in [1.165, 1.54) is 19.2 Å². The number of hydrogen-bond acceptors (Lipinski definition) is 4. The lowest BCUT2D eigenvalue weighted by atomic mass is 10.1. The first-order valence-corrected chi connectivity index (χ1v) is 6.76. The van der Waals surface area contributed by atoms with E-state index in [0.29, 0.717) is 21.1 Å². The molecule has 2 aromatic rings. The van der Waals surface area contributed by atoms with Crippen molar-refractivity contribution in [1.82, 2.24) is 4.98 Å². The van der Waals surface area contributed by atoms with Crippen LogP contribution < -0.4 is 4.74 Å². The van der Waals surface area contributed by atoms with Crippen molar-refractivity contribution in [1.29, 1.82) is 0 Å². The number of ether oxygens (including phenoxy) is 2. The van der Waals surface area contributed by atoms with Gasteiger partial charge in [-0.25, -0.2) is 14.2 Å². The Morgan fingerprint density at radius 1 is 1.35 bits per heavy atom. The zero-order valence-corrected chi connectivity index (χ0v) is 12.8. The van der Waals surface area contributed by atoms with E-state index in [0.717, 1.165) is 0 Å². The molecule has 1 heterocycles. The van der Waals surface area contributed by atoms with Gasteiger partial charge in [0.25, 0.3) is 0 Å². The van der Waals surface area contributed by atoms with Gasteiger partial charge in [-0.05, 0) is 35.8 Å². The number of benzene rings is 1. The Morgan fingerprint density at radius 2 is 2.05 bits per heavy atom. The second kappa shape index (κ2) is 5.75. The van der Waals surface area contributed by atoms with Crippen LogP contribution in [-0.4, -0.2) is 24.2 Å². The molecule has 0 aliphatic carbocycles. The smallest absolute Gasteiger partial charge is 0.356 e. The van der Waals surface area contributed by atoms with Crippen molar-refractivity contribution in [2.75, 3.05) is 7.11 Å². The van der Waals surface area contributed by atoms with Crippen LogP contribution in [0.5, 0.6) is 5.75 Å². The van der Waals surface area contributed by atoms with Crippen LogP contribution in [0.25, 0.3) is 10.9 Å². The van der Waals surface area contributed by atoms with Gasteiger partial charge in [-0.3, -0.25) is 0 Å². The monoisotopic (exact) mass is 341 g/mol. The summed E-state index contributed by atoms with van der Waals surface area (Å²) < 4.78 is 24.2. The molecule has 4 nitrogen and oxygen atoms in total. The van der Waals surface area contributed by atoms with E-state index >= 15 is 0 Å². The van der Waals surface area contributed by atoms with Crippen LogP contribution in [0.4, 0.5) is 4.39 Å². The third-order valence-corrected chi connectivity index (χ3v) is 3.18. The van der Waals surface area contributed by atoms with Gasteiger partial charge in [0.15, 0.2) is 5.69 Å². The molecule has 1 aromatic heterocycles. The molecule has 0 N–H and O–H groups in total. The molecule has 0 radical (unpaired) electrons. The number of rotatable bonds is 3. The number of carbonyl (C=O) groups is 1. The van der Waals surface area contributed by atoms with Crippen molar-refractivity contribution in [3.05, 3.63) is 34.2 Å². The highest BCUT2D eigenvalue weighted by molar-refractivity contribution is 9.10. The quantitative estimate of drug-likeness (QED) is 0.798. The van der Waals surface area contributed by atoms with E-state index in [9.17, 15) is 9.18 Å². The largest absolute Gasteiger partial charge is 0.490 e. The molecule has 20 heavy (non-hydrogen) atoms. The summed E-state index contributed by atoms with van der Waals surface area (Å²) >= 11 is 3.13. The van der Waals surface area contributed by atoms with Gasteiger partial charge in [0.05, 0.1) is 23.2 Å². The van der Waals surface area contributed by atoms with Crippen molar-refractivity contribution in [2.24, 2.45) is 0 Å². The van der Waals surface area contributed by atoms with Gasteiger partial charge in [-0.15, -0.1) is 0 Å². The van der Waals surface area contributed by atoms with Crippen molar-refractivity contribution in [3.63, 3.8) is 0 Å². The summed E-state index contributed by atoms with van der Waals surface area (Å²) in [4.78, 5) is 15.7. The number of nitrogens with zero attached hydrogens (tertiary/aromatic N) is 1. The van der Waals surface area contributed by atoms with E-state index in [1.54, 1.807) is 6.07 Å². The third kappa shape index (κ3) is 2.90. The summed E-state index contributed by atoms with van der Waals surface area (Å²) in [7, 11) is 1.26. The van der Waals surface area contributed by atoms with Gasteiger partial charge in [0.2, 0.25) is 0 Å². The molecule has 0 aliphatic rings. The highest BCUT2D eigenvalue weighted by Crippen LogP contribution is 2.31. The number of carbonyl (C=O) groups excluding carboxylic acids is 1. The number of methoxy groups -OCH3 is 1. The van der Waals surface area contributed by atoms with Crippen molar-refractivity contribution in [3.8, 4) is 5.75 Å². The second-order valence-electron chi connectivity index (χ2n) is 4.45. The molecule has 0 bridgehead atoms. The van der Waals surface area contributed by atoms with Gasteiger partial charge in [-0.1, -0.05) is 0 Å². The summed E-state index contributed by atoms with van der Waals surface area (Å²) in [6, 6.07) is 4.33. The molecule has 0 fully saturated rings. The van der Waals surface area contributed by atoms with E-state index in [-0.39, 0.29) is 11.8 Å². The molecular weight excluding hydrogens is 329 g/mol. The summed E-state index contributed by atoms with van der Waals surface area (Å²) in [5, 5.41) is 0.625. The van der Waals surface area contributed by atoms with E-state index in [4.69, 9.17) is 4.74 Å². The van der Waals surface area contributed by atoms with E-state index in [1.807, 2.05) is 13.8 Å². The first kappa shape index (κ1) is 14.7. The molecule has 6 heteroatoms. The third-order valence-electron chi connectivity index (χ3n) is 2.57. The lowest BCUT2D eigenvalue weighted by molar-refractivity contribution is 0.0593. The fourth-order valence-corrected chi connectivity index (χ4v) is 2.09. The Labute approximate surface area is 124 Å². The maximum absolute atomic E-state index is 13.6. The number of fused-ring (bicyclic) bond motifs is 1. The average Bonchev–Trinajstić information content (AvgIpc) is 2.39. The van der Waals surface area contributed by atoms with Crippen molar-refractivity contribution >= 4 is 32.8 Å². The summed E-state index contributed by atoms with van der Waals surface area (Å²) in [6.07, 6.45) is -0.0880. The fourth-order valence-electron chi connectivity index (χ4n) is 1.75. The number of pyridine rings is 1. The maximum Gasteiger partial charge on any atom is 0.356 e. The molecule has 0 unspecified atom stereocenters. The molecular formula is C14H13BrFNO3. The first-order valence-electron chi connectivity index (χ1n) is 5.97. The summed E-state index contributed by atoms with van der Waals surface area (Å²) in [5.41, 5.74) is 0.418. The van der Waals surface area contributed by atoms with Gasteiger partial charge < -0.3 is 9.47 Å². The minimum atomic E-state index is -0.594. The highest BCUT2D eigenvalue weighted by atomic mass is 79.9. The summed E-state index contributed by atoms with van der Waals surface area (Å²) in [6.45, 7) is 3.73. The predicted octanol–water partition coefficient (Wildman–Crippen LogP) is 3.71. The van der Waals surface area contributed by atoms with Crippen LogP contribution in [0.1, 0.15) is 24.3 Å². The SMILES string of the molecule is COC(=O)c1cc(OC(C)C)c2cc(Br)c(F)cc2n1. The number of hydrogen-bond donors (Lipinski definition) is 0. The van der Waals surface area contributed by atoms with Crippen LogP contribution in [0.3, 0.4) is 0 Å². The minimum absolute atomic E-state index is 0.0809. The zero-order chi connectivity index (χ0) is 14.9. The Balaban J connectivity index is 2.70. The predicted molar refractivity (Wildman–Crippen MR) is 76.5 cm³/mol. The Kier molecular flexibility index (Phi) is 4.23. The molecule has 1 aromatic carbocycles. The zero-order valence-electron chi connectivity index (χ0n) is 11.2. The number of esters is 1. The van der Waals surface area contributed by atoms with Crippen LogP contribution in [0, 0.1) is 5.82 Å². The normalized spacial score (nSPS) is 10.9. The lowest BCUT2D eigenvalue weighted by Crippen LogP contribution is -2.09. The molecule has 0 aliphatic heterocycles. The topological polar surface area (TPSA) is 48.4 Å². The lowest BCUT2D eigenvalue weighted by Gasteiger charge is -2.13. The summed E-state index contributed by atoms with van der Waals surface area (Å²) in [5.74, 6) is -0.586. The number of halogens is 2. The Morgan fingerprint density at radius 3 is 2.65 bits per heavy atom. The Hall–Kier alpha value is -1.69. The fraction of sp³-hybridized carbons (Fsp3) is 0.286. The first-order chi connectivity index (χ1) is 9.42. The molecule has 0 spiro atoms. The van der Waals surface area contributed by atoms with E-state index in [2.05, 4.69) is 25.7 Å². The van der Waals surface area contributed by atoms with Crippen molar-refractivity contribution < 1.29 is 18.7 Å². The minimum Gasteiger partial charge on any atom is -0.490 e. The standard InChI is InChI=1S/C14H13BrFNO3/c1-7(2)20-13-6-12(14(18)19-3)17-11-5-10(16)9(15)4-8(11)13/h4-7H,1-3H3. The highest BCUT2D eigenvalue weighted by Gasteiger charge is 2.16. The van der Waals surface area contributed by atoms with Crippen LogP contribution in [0.2, 0.25) is 0 Å². The second-order valence-corrected chi connectivity index (χ2v) is 5.30. The van der Waals surface area contributed by atoms with Gasteiger partial charge in [0, 0.05) is 17.5 Å². The van der Waals surface area contributed by atoms with Gasteiger partial charge in [-0.2, -0.15) is 0 Å². The van der Waals surface area contributed by atoms with Gasteiger partial charge >= 0.3 is 5.97 Å². The van der Waals surface area contributed by atoms with E-state index < -0.39 is 11.8 Å². The Bertz CT molecular complexity index is 673. The molecule has 106 valence electrons. The molecule has 2 rings (SSSR count).